The van der Waals surface area contributed by atoms with E-state index < -0.39 is 0 Å². The van der Waals surface area contributed by atoms with E-state index in [4.69, 9.17) is 11.6 Å². The molecule has 0 saturated carbocycles. The number of aryl methyl sites for hydroxylation is 1. The molecule has 3 aromatic rings. The van der Waals surface area contributed by atoms with Crippen LogP contribution in [0.5, 0.6) is 0 Å². The molecule has 2 N–H and O–H groups in total. The third kappa shape index (κ3) is 2.40. The third-order valence-corrected chi connectivity index (χ3v) is 3.39. The van der Waals surface area contributed by atoms with E-state index in [2.05, 4.69) is 15.3 Å². The lowest BCUT2D eigenvalue weighted by Gasteiger charge is -2.03. The predicted octanol–water partition coefficient (Wildman–Crippen LogP) is 2.48. The van der Waals surface area contributed by atoms with Crippen molar-refractivity contribution < 1.29 is 4.79 Å². The molecule has 3 rings (SSSR count). The van der Waals surface area contributed by atoms with Crippen LogP contribution >= 0.6 is 11.6 Å². The lowest BCUT2D eigenvalue weighted by molar-refractivity contribution is 0.0945. The summed E-state index contributed by atoms with van der Waals surface area (Å²) in [4.78, 5) is 19.3. The number of carbonyl (C=O) groups excluding carboxylic acids is 1. The summed E-state index contributed by atoms with van der Waals surface area (Å²) < 4.78 is 1.87. The Morgan fingerprint density at radius 1 is 1.45 bits per heavy atom. The highest BCUT2D eigenvalue weighted by Crippen LogP contribution is 2.19. The molecular weight excluding hydrogens is 276 g/mol. The van der Waals surface area contributed by atoms with Gasteiger partial charge in [-0.05, 0) is 18.2 Å². The van der Waals surface area contributed by atoms with Gasteiger partial charge in [0, 0.05) is 35.4 Å². The van der Waals surface area contributed by atoms with E-state index in [-0.39, 0.29) is 5.91 Å². The second kappa shape index (κ2) is 5.02. The molecule has 0 aliphatic rings. The molecule has 1 amide bonds. The maximum atomic E-state index is 12.1. The maximum Gasteiger partial charge on any atom is 0.268 e. The number of benzene rings is 1. The summed E-state index contributed by atoms with van der Waals surface area (Å²) in [6, 6.07) is 7.28. The van der Waals surface area contributed by atoms with Gasteiger partial charge in [-0.25, -0.2) is 4.98 Å². The fourth-order valence-electron chi connectivity index (χ4n) is 2.04. The molecule has 0 unspecified atom stereocenters. The minimum absolute atomic E-state index is 0.166. The molecule has 0 aliphatic carbocycles. The van der Waals surface area contributed by atoms with Crippen LogP contribution in [0.4, 0.5) is 0 Å². The van der Waals surface area contributed by atoms with E-state index >= 15 is 0 Å². The molecule has 20 heavy (non-hydrogen) atoms. The van der Waals surface area contributed by atoms with E-state index in [0.29, 0.717) is 17.3 Å². The van der Waals surface area contributed by atoms with Crippen molar-refractivity contribution in [2.45, 2.75) is 6.54 Å². The van der Waals surface area contributed by atoms with E-state index in [0.717, 1.165) is 16.7 Å². The van der Waals surface area contributed by atoms with Crippen molar-refractivity contribution >= 4 is 28.4 Å². The zero-order valence-electron chi connectivity index (χ0n) is 10.9. The van der Waals surface area contributed by atoms with Crippen molar-refractivity contribution in [2.75, 3.05) is 0 Å². The molecule has 1 aromatic carbocycles. The third-order valence-electron chi connectivity index (χ3n) is 3.16. The average molecular weight is 289 g/mol. The van der Waals surface area contributed by atoms with Crippen LogP contribution in [0.3, 0.4) is 0 Å². The molecule has 0 radical (unpaired) electrons. The highest BCUT2D eigenvalue weighted by molar-refractivity contribution is 6.31. The molecule has 0 atom stereocenters. The maximum absolute atomic E-state index is 12.1. The SMILES string of the molecule is Cn1ccnc1CNC(=O)c1cc2ccc(Cl)cc2[nH]1. The van der Waals surface area contributed by atoms with Crippen LogP contribution in [0.2, 0.25) is 5.02 Å². The zero-order chi connectivity index (χ0) is 14.1. The number of carbonyl (C=O) groups is 1. The van der Waals surface area contributed by atoms with Gasteiger partial charge in [-0.3, -0.25) is 4.79 Å². The highest BCUT2D eigenvalue weighted by atomic mass is 35.5. The summed E-state index contributed by atoms with van der Waals surface area (Å²) in [5.41, 5.74) is 1.36. The molecule has 2 heterocycles. The molecule has 0 saturated heterocycles. The Kier molecular flexibility index (Phi) is 3.20. The van der Waals surface area contributed by atoms with Gasteiger partial charge in [-0.15, -0.1) is 0 Å². The molecule has 5 nitrogen and oxygen atoms in total. The van der Waals surface area contributed by atoms with Crippen molar-refractivity contribution in [1.29, 1.82) is 0 Å². The summed E-state index contributed by atoms with van der Waals surface area (Å²) in [6.07, 6.45) is 3.54. The summed E-state index contributed by atoms with van der Waals surface area (Å²) in [7, 11) is 1.89. The summed E-state index contributed by atoms with van der Waals surface area (Å²) in [6.45, 7) is 0.387. The van der Waals surface area contributed by atoms with Crippen molar-refractivity contribution in [3.8, 4) is 0 Å². The Morgan fingerprint density at radius 3 is 3.05 bits per heavy atom. The van der Waals surface area contributed by atoms with E-state index in [1.165, 1.54) is 0 Å². The number of hydrogen-bond donors (Lipinski definition) is 2. The van der Waals surface area contributed by atoms with Gasteiger partial charge < -0.3 is 14.9 Å². The smallest absolute Gasteiger partial charge is 0.268 e. The molecule has 0 bridgehead atoms. The van der Waals surface area contributed by atoms with Crippen LogP contribution in [0.25, 0.3) is 10.9 Å². The van der Waals surface area contributed by atoms with Crippen molar-refractivity contribution in [1.82, 2.24) is 19.9 Å². The average Bonchev–Trinajstić information content (AvgIpc) is 3.01. The molecule has 2 aromatic heterocycles. The van der Waals surface area contributed by atoms with Gasteiger partial charge in [-0.1, -0.05) is 17.7 Å². The lowest BCUT2D eigenvalue weighted by Crippen LogP contribution is -2.24. The van der Waals surface area contributed by atoms with E-state index in [1.807, 2.05) is 23.9 Å². The van der Waals surface area contributed by atoms with Gasteiger partial charge in [0.1, 0.15) is 11.5 Å². The van der Waals surface area contributed by atoms with E-state index in [9.17, 15) is 4.79 Å². The largest absolute Gasteiger partial charge is 0.350 e. The number of rotatable bonds is 3. The minimum Gasteiger partial charge on any atom is -0.350 e. The Bertz CT molecular complexity index is 774. The summed E-state index contributed by atoms with van der Waals surface area (Å²) in [5.74, 6) is 0.637. The zero-order valence-corrected chi connectivity index (χ0v) is 11.6. The monoisotopic (exact) mass is 288 g/mol. The standard InChI is InChI=1S/C14H13ClN4O/c1-19-5-4-16-13(19)8-17-14(20)12-6-9-2-3-10(15)7-11(9)18-12/h2-7,18H,8H2,1H3,(H,17,20). The van der Waals surface area contributed by atoms with Gasteiger partial charge in [0.05, 0.1) is 6.54 Å². The molecular formula is C14H13ClN4O. The van der Waals surface area contributed by atoms with Crippen molar-refractivity contribution in [3.63, 3.8) is 0 Å². The van der Waals surface area contributed by atoms with Crippen LogP contribution in [0, 0.1) is 0 Å². The summed E-state index contributed by atoms with van der Waals surface area (Å²) in [5, 5.41) is 4.42. The Labute approximate surface area is 120 Å². The number of hydrogen-bond acceptors (Lipinski definition) is 2. The first-order valence-electron chi connectivity index (χ1n) is 6.16. The topological polar surface area (TPSA) is 62.7 Å². The molecule has 0 fully saturated rings. The molecule has 6 heteroatoms. The Morgan fingerprint density at radius 2 is 2.30 bits per heavy atom. The molecule has 102 valence electrons. The normalized spacial score (nSPS) is 10.9. The number of fused-ring (bicyclic) bond motifs is 1. The number of nitrogens with one attached hydrogen (secondary N) is 2. The lowest BCUT2D eigenvalue weighted by atomic mass is 10.2. The van der Waals surface area contributed by atoms with Gasteiger partial charge in [0.15, 0.2) is 0 Å². The first kappa shape index (κ1) is 12.7. The van der Waals surface area contributed by atoms with Crippen LogP contribution < -0.4 is 5.32 Å². The minimum atomic E-state index is -0.166. The highest BCUT2D eigenvalue weighted by Gasteiger charge is 2.10. The molecule has 0 aliphatic heterocycles. The molecule has 0 spiro atoms. The Balaban J connectivity index is 1.77. The van der Waals surface area contributed by atoms with Gasteiger partial charge in [0.2, 0.25) is 0 Å². The first-order valence-corrected chi connectivity index (χ1v) is 6.54. The number of aromatic amines is 1. The van der Waals surface area contributed by atoms with Crippen LogP contribution in [-0.2, 0) is 13.6 Å². The second-order valence-electron chi connectivity index (χ2n) is 4.55. The summed E-state index contributed by atoms with van der Waals surface area (Å²) >= 11 is 5.92. The van der Waals surface area contributed by atoms with Crippen molar-refractivity contribution in [2.24, 2.45) is 7.05 Å². The van der Waals surface area contributed by atoms with Crippen LogP contribution in [-0.4, -0.2) is 20.4 Å². The van der Waals surface area contributed by atoms with Gasteiger partial charge >= 0.3 is 0 Å². The first-order chi connectivity index (χ1) is 9.63. The fourth-order valence-corrected chi connectivity index (χ4v) is 2.22. The Hall–Kier alpha value is -2.27. The van der Waals surface area contributed by atoms with E-state index in [1.54, 1.807) is 24.4 Å². The van der Waals surface area contributed by atoms with Crippen molar-refractivity contribution in [3.05, 3.63) is 53.2 Å². The number of halogens is 1. The van der Waals surface area contributed by atoms with Gasteiger partial charge in [-0.2, -0.15) is 0 Å². The number of imidazole rings is 1. The van der Waals surface area contributed by atoms with Crippen LogP contribution in [0.1, 0.15) is 16.3 Å². The number of amides is 1. The predicted molar refractivity (Wildman–Crippen MR) is 77.7 cm³/mol. The quantitative estimate of drug-likeness (QED) is 0.778. The van der Waals surface area contributed by atoms with Crippen LogP contribution in [0.15, 0.2) is 36.7 Å². The second-order valence-corrected chi connectivity index (χ2v) is 4.99. The fraction of sp³-hybridized carbons (Fsp3) is 0.143. The number of nitrogens with zero attached hydrogens (tertiary/aromatic N) is 2. The van der Waals surface area contributed by atoms with Gasteiger partial charge in [0.25, 0.3) is 5.91 Å². The number of aromatic nitrogens is 3. The number of H-pyrrole nitrogens is 1.